The summed E-state index contributed by atoms with van der Waals surface area (Å²) < 4.78 is 27.0. The molecule has 0 aliphatic carbocycles. The zero-order valence-corrected chi connectivity index (χ0v) is 8.65. The quantitative estimate of drug-likeness (QED) is 0.714. The molecule has 7 heteroatoms. The largest absolute Gasteiger partial charge is 0.475 e. The van der Waals surface area contributed by atoms with Crippen molar-refractivity contribution in [2.75, 3.05) is 0 Å². The molecule has 0 unspecified atom stereocenters. The number of primary sulfonamides is 1. The number of aromatic nitrogens is 2. The first-order valence-corrected chi connectivity index (χ1v) is 5.45. The molecule has 0 aliphatic heterocycles. The van der Waals surface area contributed by atoms with Crippen molar-refractivity contribution in [2.45, 2.75) is 25.0 Å². The molecule has 1 heterocycles. The Hall–Kier alpha value is -1.21. The van der Waals surface area contributed by atoms with Crippen LogP contribution in [0.1, 0.15) is 13.8 Å². The zero-order chi connectivity index (χ0) is 10.8. The Morgan fingerprint density at radius 3 is 2.57 bits per heavy atom. The second kappa shape index (κ2) is 3.89. The van der Waals surface area contributed by atoms with Crippen LogP contribution < -0.4 is 9.88 Å². The number of ether oxygens (including phenoxy) is 1. The topological polar surface area (TPSA) is 95.2 Å². The lowest BCUT2D eigenvalue weighted by atomic mass is 10.5. The van der Waals surface area contributed by atoms with E-state index in [0.29, 0.717) is 0 Å². The number of rotatable bonds is 3. The summed E-state index contributed by atoms with van der Waals surface area (Å²) in [4.78, 5) is 7.25. The molecule has 0 saturated carbocycles. The van der Waals surface area contributed by atoms with E-state index in [1.165, 1.54) is 6.07 Å². The maximum Gasteiger partial charge on any atom is 0.255 e. The van der Waals surface area contributed by atoms with Crippen molar-refractivity contribution in [2.24, 2.45) is 5.14 Å². The fraction of sp³-hybridized carbons (Fsp3) is 0.429. The summed E-state index contributed by atoms with van der Waals surface area (Å²) in [6.45, 7) is 3.61. The van der Waals surface area contributed by atoms with Crippen molar-refractivity contribution in [1.82, 2.24) is 9.97 Å². The van der Waals surface area contributed by atoms with Gasteiger partial charge in [-0.25, -0.2) is 23.5 Å². The maximum atomic E-state index is 10.9. The van der Waals surface area contributed by atoms with Crippen LogP contribution in [0, 0.1) is 0 Å². The molecule has 1 aromatic rings. The third-order valence-corrected chi connectivity index (χ3v) is 2.07. The van der Waals surface area contributed by atoms with E-state index >= 15 is 0 Å². The lowest BCUT2D eigenvalue weighted by Crippen LogP contribution is -2.15. The molecule has 0 saturated heterocycles. The first-order chi connectivity index (χ1) is 6.39. The first-order valence-electron chi connectivity index (χ1n) is 3.91. The van der Waals surface area contributed by atoms with E-state index in [4.69, 9.17) is 9.88 Å². The SMILES string of the molecule is CC(C)Oc1cc(S(N)(=O)=O)ncn1. The normalized spacial score (nSPS) is 11.7. The van der Waals surface area contributed by atoms with Gasteiger partial charge in [0.05, 0.1) is 6.10 Å². The molecule has 0 radical (unpaired) electrons. The average Bonchev–Trinajstić information content (AvgIpc) is 2.01. The van der Waals surface area contributed by atoms with Crippen molar-refractivity contribution < 1.29 is 13.2 Å². The van der Waals surface area contributed by atoms with Crippen LogP contribution in [0.3, 0.4) is 0 Å². The van der Waals surface area contributed by atoms with Crippen LogP contribution in [0.25, 0.3) is 0 Å². The van der Waals surface area contributed by atoms with Crippen LogP contribution in [0.4, 0.5) is 0 Å². The van der Waals surface area contributed by atoms with Gasteiger partial charge in [-0.3, -0.25) is 0 Å². The highest BCUT2D eigenvalue weighted by atomic mass is 32.2. The molecule has 1 rings (SSSR count). The first kappa shape index (κ1) is 10.9. The number of hydrogen-bond acceptors (Lipinski definition) is 5. The van der Waals surface area contributed by atoms with Crippen molar-refractivity contribution in [3.8, 4) is 5.88 Å². The molecule has 0 atom stereocenters. The highest BCUT2D eigenvalue weighted by Crippen LogP contribution is 2.11. The predicted octanol–water partition coefficient (Wildman–Crippen LogP) is -0.0888. The lowest BCUT2D eigenvalue weighted by Gasteiger charge is -2.08. The van der Waals surface area contributed by atoms with E-state index < -0.39 is 10.0 Å². The summed E-state index contributed by atoms with van der Waals surface area (Å²) >= 11 is 0. The number of nitrogens with two attached hydrogens (primary N) is 1. The van der Waals surface area contributed by atoms with Gasteiger partial charge in [0, 0.05) is 6.07 Å². The fourth-order valence-electron chi connectivity index (χ4n) is 0.784. The Labute approximate surface area is 82.2 Å². The smallest absolute Gasteiger partial charge is 0.255 e. The van der Waals surface area contributed by atoms with Crippen LogP contribution in [0.5, 0.6) is 5.88 Å². The molecule has 0 aromatic carbocycles. The summed E-state index contributed by atoms with van der Waals surface area (Å²) in [5.74, 6) is 0.194. The van der Waals surface area contributed by atoms with Gasteiger partial charge in [-0.15, -0.1) is 0 Å². The molecular formula is C7H11N3O3S. The van der Waals surface area contributed by atoms with Crippen LogP contribution in [-0.4, -0.2) is 24.5 Å². The highest BCUT2D eigenvalue weighted by Gasteiger charge is 2.11. The van der Waals surface area contributed by atoms with E-state index in [1.54, 1.807) is 13.8 Å². The zero-order valence-electron chi connectivity index (χ0n) is 7.84. The third-order valence-electron chi connectivity index (χ3n) is 1.26. The molecule has 6 nitrogen and oxygen atoms in total. The van der Waals surface area contributed by atoms with E-state index in [1.807, 2.05) is 0 Å². The van der Waals surface area contributed by atoms with Crippen molar-refractivity contribution in [1.29, 1.82) is 0 Å². The minimum atomic E-state index is -3.79. The average molecular weight is 217 g/mol. The Bertz CT molecular complexity index is 416. The fourth-order valence-corrected chi connectivity index (χ4v) is 1.24. The molecule has 2 N–H and O–H groups in total. The molecule has 0 amide bonds. The summed E-state index contributed by atoms with van der Waals surface area (Å²) in [7, 11) is -3.79. The molecule has 0 aliphatic rings. The summed E-state index contributed by atoms with van der Waals surface area (Å²) in [5.41, 5.74) is 0. The van der Waals surface area contributed by atoms with Crippen LogP contribution in [0.15, 0.2) is 17.4 Å². The molecule has 0 fully saturated rings. The number of sulfonamides is 1. The van der Waals surface area contributed by atoms with Gasteiger partial charge in [-0.05, 0) is 13.8 Å². The standard InChI is InChI=1S/C7H11N3O3S/c1-5(2)13-6-3-7(10-4-9-6)14(8,11)12/h3-5H,1-2H3,(H2,8,11,12). The molecular weight excluding hydrogens is 206 g/mol. The van der Waals surface area contributed by atoms with Crippen molar-refractivity contribution in [3.05, 3.63) is 12.4 Å². The van der Waals surface area contributed by atoms with Gasteiger partial charge >= 0.3 is 0 Å². The monoisotopic (exact) mass is 217 g/mol. The van der Waals surface area contributed by atoms with E-state index in [0.717, 1.165) is 6.33 Å². The van der Waals surface area contributed by atoms with Crippen LogP contribution in [-0.2, 0) is 10.0 Å². The van der Waals surface area contributed by atoms with Gasteiger partial charge in [0.2, 0.25) is 5.88 Å². The number of hydrogen-bond donors (Lipinski definition) is 1. The van der Waals surface area contributed by atoms with E-state index in [-0.39, 0.29) is 17.0 Å². The highest BCUT2D eigenvalue weighted by molar-refractivity contribution is 7.89. The molecule has 0 spiro atoms. The minimum Gasteiger partial charge on any atom is -0.475 e. The second-order valence-corrected chi connectivity index (χ2v) is 4.41. The van der Waals surface area contributed by atoms with Crippen LogP contribution in [0.2, 0.25) is 0 Å². The number of nitrogens with zero attached hydrogens (tertiary/aromatic N) is 2. The molecule has 0 bridgehead atoms. The molecule has 14 heavy (non-hydrogen) atoms. The van der Waals surface area contributed by atoms with Crippen molar-refractivity contribution in [3.63, 3.8) is 0 Å². The lowest BCUT2D eigenvalue weighted by molar-refractivity contribution is 0.231. The maximum absolute atomic E-state index is 10.9. The van der Waals surface area contributed by atoms with Gasteiger partial charge < -0.3 is 4.74 Å². The Balaban J connectivity index is 3.02. The molecule has 1 aromatic heterocycles. The summed E-state index contributed by atoms with van der Waals surface area (Å²) in [6, 6.07) is 1.19. The van der Waals surface area contributed by atoms with Gasteiger partial charge in [0.25, 0.3) is 10.0 Å². The van der Waals surface area contributed by atoms with Gasteiger partial charge in [-0.2, -0.15) is 0 Å². The Morgan fingerprint density at radius 2 is 2.07 bits per heavy atom. The van der Waals surface area contributed by atoms with E-state index in [2.05, 4.69) is 9.97 Å². The van der Waals surface area contributed by atoms with Crippen molar-refractivity contribution >= 4 is 10.0 Å². The van der Waals surface area contributed by atoms with Crippen LogP contribution >= 0.6 is 0 Å². The summed E-state index contributed by atoms with van der Waals surface area (Å²) in [5, 5.41) is 4.64. The van der Waals surface area contributed by atoms with Gasteiger partial charge in [-0.1, -0.05) is 0 Å². The summed E-state index contributed by atoms with van der Waals surface area (Å²) in [6.07, 6.45) is 1.01. The predicted molar refractivity (Wildman–Crippen MR) is 49.2 cm³/mol. The second-order valence-electron chi connectivity index (χ2n) is 2.91. The molecule has 78 valence electrons. The third kappa shape index (κ3) is 2.93. The van der Waals surface area contributed by atoms with Gasteiger partial charge in [0.1, 0.15) is 6.33 Å². The Morgan fingerprint density at radius 1 is 1.43 bits per heavy atom. The van der Waals surface area contributed by atoms with Gasteiger partial charge in [0.15, 0.2) is 5.03 Å². The minimum absolute atomic E-state index is 0.0850. The van der Waals surface area contributed by atoms with E-state index in [9.17, 15) is 8.42 Å². The Kier molecular flexibility index (Phi) is 3.02.